The van der Waals surface area contributed by atoms with E-state index in [0.717, 1.165) is 11.3 Å². The third-order valence-electron chi connectivity index (χ3n) is 2.76. The van der Waals surface area contributed by atoms with Gasteiger partial charge in [0, 0.05) is 18.3 Å². The quantitative estimate of drug-likeness (QED) is 0.825. The molecule has 0 aliphatic carbocycles. The Kier molecular flexibility index (Phi) is 4.51. The maximum atomic E-state index is 11.3. The van der Waals surface area contributed by atoms with Crippen LogP contribution in [0.1, 0.15) is 18.1 Å². The second-order valence-corrected chi connectivity index (χ2v) is 4.37. The van der Waals surface area contributed by atoms with Crippen LogP contribution in [0.3, 0.4) is 0 Å². The second-order valence-electron chi connectivity index (χ2n) is 4.37. The summed E-state index contributed by atoms with van der Waals surface area (Å²) in [7, 11) is 0. The number of allylic oxidation sites excluding steroid dienone is 1. The van der Waals surface area contributed by atoms with Crippen molar-refractivity contribution in [3.8, 4) is 0 Å². The van der Waals surface area contributed by atoms with E-state index in [1.165, 1.54) is 5.56 Å². The molecular weight excluding hydrogens is 234 g/mol. The number of nitrogens with one attached hydrogen (secondary N) is 1. The lowest BCUT2D eigenvalue weighted by Crippen LogP contribution is -2.12. The van der Waals surface area contributed by atoms with Gasteiger partial charge in [0.1, 0.15) is 0 Å². The third kappa shape index (κ3) is 4.11. The molecule has 0 heterocycles. The highest BCUT2D eigenvalue weighted by Gasteiger charge is 2.02. The molecule has 0 bridgehead atoms. The molecule has 0 spiro atoms. The average molecular weight is 251 g/mol. The summed E-state index contributed by atoms with van der Waals surface area (Å²) in [4.78, 5) is 11.3. The van der Waals surface area contributed by atoms with Gasteiger partial charge in [0.05, 0.1) is 0 Å². The van der Waals surface area contributed by atoms with Crippen LogP contribution in [0.4, 0.5) is 0 Å². The van der Waals surface area contributed by atoms with E-state index in [0.29, 0.717) is 6.54 Å². The topological polar surface area (TPSA) is 29.1 Å². The highest BCUT2D eigenvalue weighted by molar-refractivity contribution is 5.94. The van der Waals surface area contributed by atoms with Gasteiger partial charge in [0.25, 0.3) is 0 Å². The smallest absolute Gasteiger partial charge is 0.154 e. The number of hydrogen-bond acceptors (Lipinski definition) is 2. The van der Waals surface area contributed by atoms with Crippen LogP contribution in [0.25, 0.3) is 5.70 Å². The molecule has 2 aromatic carbocycles. The van der Waals surface area contributed by atoms with Crippen LogP contribution in [0.5, 0.6) is 0 Å². The molecular formula is C17H17NO. The normalized spacial score (nSPS) is 11.1. The Morgan fingerprint density at radius 3 is 2.16 bits per heavy atom. The SMILES string of the molecule is CC(=O)C=C(NCc1ccccc1)c1ccccc1. The van der Waals surface area contributed by atoms with Gasteiger partial charge >= 0.3 is 0 Å². The number of carbonyl (C=O) groups is 1. The van der Waals surface area contributed by atoms with Crippen molar-refractivity contribution < 1.29 is 4.79 Å². The van der Waals surface area contributed by atoms with Crippen molar-refractivity contribution in [2.75, 3.05) is 0 Å². The molecule has 0 aromatic heterocycles. The lowest BCUT2D eigenvalue weighted by Gasteiger charge is -2.11. The molecule has 0 aliphatic heterocycles. The highest BCUT2D eigenvalue weighted by Crippen LogP contribution is 2.12. The van der Waals surface area contributed by atoms with Gasteiger partial charge in [-0.05, 0) is 18.1 Å². The molecule has 2 heteroatoms. The van der Waals surface area contributed by atoms with Crippen LogP contribution < -0.4 is 5.32 Å². The maximum Gasteiger partial charge on any atom is 0.154 e. The molecule has 1 N–H and O–H groups in total. The zero-order chi connectivity index (χ0) is 13.5. The lowest BCUT2D eigenvalue weighted by atomic mass is 10.1. The van der Waals surface area contributed by atoms with Crippen molar-refractivity contribution in [2.24, 2.45) is 0 Å². The largest absolute Gasteiger partial charge is 0.380 e. The van der Waals surface area contributed by atoms with Gasteiger partial charge in [-0.1, -0.05) is 60.7 Å². The predicted octanol–water partition coefficient (Wildman–Crippen LogP) is 3.41. The summed E-state index contributed by atoms with van der Waals surface area (Å²) < 4.78 is 0. The van der Waals surface area contributed by atoms with E-state index in [1.54, 1.807) is 13.0 Å². The fourth-order valence-corrected chi connectivity index (χ4v) is 1.85. The van der Waals surface area contributed by atoms with Crippen molar-refractivity contribution >= 4 is 11.5 Å². The molecule has 2 rings (SSSR count). The molecule has 0 amide bonds. The van der Waals surface area contributed by atoms with Crippen molar-refractivity contribution in [2.45, 2.75) is 13.5 Å². The van der Waals surface area contributed by atoms with Gasteiger partial charge in [-0.15, -0.1) is 0 Å². The Balaban J connectivity index is 2.14. The highest BCUT2D eigenvalue weighted by atomic mass is 16.1. The van der Waals surface area contributed by atoms with Gasteiger partial charge < -0.3 is 5.32 Å². The van der Waals surface area contributed by atoms with Gasteiger partial charge in [0.2, 0.25) is 0 Å². The number of ketones is 1. The van der Waals surface area contributed by atoms with E-state index in [-0.39, 0.29) is 5.78 Å². The van der Waals surface area contributed by atoms with Crippen LogP contribution in [0.15, 0.2) is 66.7 Å². The monoisotopic (exact) mass is 251 g/mol. The molecule has 0 atom stereocenters. The third-order valence-corrected chi connectivity index (χ3v) is 2.76. The fraction of sp³-hybridized carbons (Fsp3) is 0.118. The van der Waals surface area contributed by atoms with E-state index in [2.05, 4.69) is 17.4 Å². The molecule has 0 radical (unpaired) electrons. The molecule has 0 saturated heterocycles. The summed E-state index contributed by atoms with van der Waals surface area (Å²) >= 11 is 0. The van der Waals surface area contributed by atoms with E-state index >= 15 is 0 Å². The standard InChI is InChI=1S/C17H17NO/c1-14(19)12-17(16-10-6-3-7-11-16)18-13-15-8-4-2-5-9-15/h2-12,18H,13H2,1H3. The number of benzene rings is 2. The Bertz CT molecular complexity index is 558. The first-order chi connectivity index (χ1) is 9.25. The van der Waals surface area contributed by atoms with Crippen LogP contribution in [-0.4, -0.2) is 5.78 Å². The van der Waals surface area contributed by atoms with Gasteiger partial charge in [-0.3, -0.25) is 4.79 Å². The van der Waals surface area contributed by atoms with Gasteiger partial charge in [0.15, 0.2) is 5.78 Å². The van der Waals surface area contributed by atoms with Gasteiger partial charge in [-0.25, -0.2) is 0 Å². The summed E-state index contributed by atoms with van der Waals surface area (Å²) in [6, 6.07) is 20.0. The van der Waals surface area contributed by atoms with Crippen molar-refractivity contribution in [3.05, 3.63) is 77.9 Å². The van der Waals surface area contributed by atoms with E-state index in [9.17, 15) is 4.79 Å². The zero-order valence-electron chi connectivity index (χ0n) is 11.0. The average Bonchev–Trinajstić information content (AvgIpc) is 2.45. The summed E-state index contributed by atoms with van der Waals surface area (Å²) in [5, 5.41) is 3.32. The van der Waals surface area contributed by atoms with Crippen LogP contribution >= 0.6 is 0 Å². The minimum Gasteiger partial charge on any atom is -0.380 e. The molecule has 0 fully saturated rings. The summed E-state index contributed by atoms with van der Waals surface area (Å²) in [6.07, 6.45) is 1.64. The minimum absolute atomic E-state index is 0.0411. The molecule has 19 heavy (non-hydrogen) atoms. The Labute approximate surface area is 113 Å². The summed E-state index contributed by atoms with van der Waals surface area (Å²) in [5.41, 5.74) is 3.07. The Morgan fingerprint density at radius 1 is 1.00 bits per heavy atom. The number of rotatable bonds is 5. The van der Waals surface area contributed by atoms with Crippen LogP contribution in [0.2, 0.25) is 0 Å². The van der Waals surface area contributed by atoms with E-state index in [4.69, 9.17) is 0 Å². The fourth-order valence-electron chi connectivity index (χ4n) is 1.85. The van der Waals surface area contributed by atoms with Crippen molar-refractivity contribution in [3.63, 3.8) is 0 Å². The zero-order valence-corrected chi connectivity index (χ0v) is 11.0. The maximum absolute atomic E-state index is 11.3. The van der Waals surface area contributed by atoms with Crippen LogP contribution in [0, 0.1) is 0 Å². The lowest BCUT2D eigenvalue weighted by molar-refractivity contribution is -0.112. The van der Waals surface area contributed by atoms with Crippen molar-refractivity contribution in [1.82, 2.24) is 5.32 Å². The van der Waals surface area contributed by atoms with E-state index in [1.807, 2.05) is 48.5 Å². The number of hydrogen-bond donors (Lipinski definition) is 1. The van der Waals surface area contributed by atoms with Crippen molar-refractivity contribution in [1.29, 1.82) is 0 Å². The van der Waals surface area contributed by atoms with Gasteiger partial charge in [-0.2, -0.15) is 0 Å². The molecule has 0 unspecified atom stereocenters. The first kappa shape index (κ1) is 13.1. The predicted molar refractivity (Wildman–Crippen MR) is 78.4 cm³/mol. The molecule has 2 nitrogen and oxygen atoms in total. The second kappa shape index (κ2) is 6.55. The molecule has 96 valence electrons. The molecule has 2 aromatic rings. The molecule has 0 aliphatic rings. The minimum atomic E-state index is 0.0411. The van der Waals surface area contributed by atoms with Crippen LogP contribution in [-0.2, 0) is 11.3 Å². The summed E-state index contributed by atoms with van der Waals surface area (Å²) in [6.45, 7) is 2.27. The number of carbonyl (C=O) groups excluding carboxylic acids is 1. The first-order valence-electron chi connectivity index (χ1n) is 6.31. The molecule has 0 saturated carbocycles. The van der Waals surface area contributed by atoms with E-state index < -0.39 is 0 Å². The first-order valence-corrected chi connectivity index (χ1v) is 6.31. The Hall–Kier alpha value is -2.35. The Morgan fingerprint density at radius 2 is 1.58 bits per heavy atom. The summed E-state index contributed by atoms with van der Waals surface area (Å²) in [5.74, 6) is 0.0411.